The van der Waals surface area contributed by atoms with Crippen molar-refractivity contribution >= 4 is 11.8 Å². The molecule has 0 aliphatic carbocycles. The maximum atomic E-state index is 11.3. The van der Waals surface area contributed by atoms with Crippen molar-refractivity contribution in [2.75, 3.05) is 6.54 Å². The lowest BCUT2D eigenvalue weighted by atomic mass is 10.1. The van der Waals surface area contributed by atoms with Gasteiger partial charge in [0.2, 0.25) is 11.8 Å². The van der Waals surface area contributed by atoms with Crippen LogP contribution in [0, 0.1) is 0 Å². The van der Waals surface area contributed by atoms with E-state index in [4.69, 9.17) is 11.5 Å². The predicted molar refractivity (Wildman–Crippen MR) is 58.9 cm³/mol. The van der Waals surface area contributed by atoms with E-state index in [9.17, 15) is 9.59 Å². The third-order valence-corrected chi connectivity index (χ3v) is 2.09. The topological polar surface area (TPSA) is 98.2 Å². The number of hydrogen-bond donors (Lipinski definition) is 3. The highest BCUT2D eigenvalue weighted by molar-refractivity contribution is 5.81. The number of nitrogens with one attached hydrogen (secondary N) is 1. The molecule has 88 valence electrons. The minimum atomic E-state index is -0.411. The Hall–Kier alpha value is -1.10. The van der Waals surface area contributed by atoms with E-state index in [-0.39, 0.29) is 11.8 Å². The molecule has 0 aromatic rings. The summed E-state index contributed by atoms with van der Waals surface area (Å²) in [5.41, 5.74) is 10.6. The lowest BCUT2D eigenvalue weighted by Gasteiger charge is -2.10. The Bertz CT molecular complexity index is 207. The zero-order valence-electron chi connectivity index (χ0n) is 9.29. The molecule has 0 aromatic carbocycles. The largest absolute Gasteiger partial charge is 0.370 e. The number of carbonyl (C=O) groups is 2. The monoisotopic (exact) mass is 215 g/mol. The van der Waals surface area contributed by atoms with Crippen molar-refractivity contribution in [3.8, 4) is 0 Å². The zero-order chi connectivity index (χ0) is 11.7. The van der Waals surface area contributed by atoms with E-state index >= 15 is 0 Å². The number of nitrogens with two attached hydrogens (primary N) is 2. The van der Waals surface area contributed by atoms with Crippen LogP contribution in [0.2, 0.25) is 0 Å². The average molecular weight is 215 g/mol. The molecule has 1 atom stereocenters. The molecule has 0 bridgehead atoms. The minimum Gasteiger partial charge on any atom is -0.370 e. The van der Waals surface area contributed by atoms with Crippen LogP contribution in [-0.2, 0) is 9.59 Å². The van der Waals surface area contributed by atoms with Crippen LogP contribution in [0.25, 0.3) is 0 Å². The Morgan fingerprint density at radius 3 is 2.53 bits per heavy atom. The number of unbranched alkanes of at least 4 members (excludes halogenated alkanes) is 1. The molecule has 0 aliphatic rings. The zero-order valence-corrected chi connectivity index (χ0v) is 9.29. The molecule has 5 nitrogen and oxygen atoms in total. The molecule has 0 heterocycles. The third-order valence-electron chi connectivity index (χ3n) is 2.09. The normalized spacial score (nSPS) is 12.1. The first-order chi connectivity index (χ1) is 7.07. The summed E-state index contributed by atoms with van der Waals surface area (Å²) in [5, 5.41) is 2.72. The van der Waals surface area contributed by atoms with Crippen molar-refractivity contribution in [2.24, 2.45) is 11.5 Å². The van der Waals surface area contributed by atoms with E-state index in [1.54, 1.807) is 0 Å². The Labute approximate surface area is 90.6 Å². The molecule has 2 amide bonds. The van der Waals surface area contributed by atoms with E-state index in [0.717, 1.165) is 12.8 Å². The van der Waals surface area contributed by atoms with Crippen molar-refractivity contribution in [3.63, 3.8) is 0 Å². The Morgan fingerprint density at radius 1 is 1.33 bits per heavy atom. The van der Waals surface area contributed by atoms with Gasteiger partial charge in [-0.1, -0.05) is 13.3 Å². The highest BCUT2D eigenvalue weighted by Gasteiger charge is 2.10. The van der Waals surface area contributed by atoms with Crippen LogP contribution in [0.5, 0.6) is 0 Å². The summed E-state index contributed by atoms with van der Waals surface area (Å²) in [4.78, 5) is 21.7. The molecule has 5 heteroatoms. The van der Waals surface area contributed by atoms with Gasteiger partial charge in [0.15, 0.2) is 0 Å². The summed E-state index contributed by atoms with van der Waals surface area (Å²) < 4.78 is 0. The number of amides is 2. The van der Waals surface area contributed by atoms with Gasteiger partial charge in [-0.3, -0.25) is 9.59 Å². The maximum absolute atomic E-state index is 11.3. The first-order valence-corrected chi connectivity index (χ1v) is 5.39. The maximum Gasteiger partial charge on any atom is 0.236 e. The van der Waals surface area contributed by atoms with Crippen molar-refractivity contribution in [1.29, 1.82) is 0 Å². The van der Waals surface area contributed by atoms with Gasteiger partial charge >= 0.3 is 0 Å². The number of rotatable bonds is 8. The van der Waals surface area contributed by atoms with Gasteiger partial charge in [0, 0.05) is 13.0 Å². The van der Waals surface area contributed by atoms with E-state index in [1.165, 1.54) is 0 Å². The van der Waals surface area contributed by atoms with Crippen molar-refractivity contribution in [3.05, 3.63) is 0 Å². The molecular weight excluding hydrogens is 194 g/mol. The van der Waals surface area contributed by atoms with Gasteiger partial charge in [0.05, 0.1) is 6.04 Å². The summed E-state index contributed by atoms with van der Waals surface area (Å²) in [6.45, 7) is 2.55. The van der Waals surface area contributed by atoms with Crippen LogP contribution in [0.3, 0.4) is 0 Å². The third kappa shape index (κ3) is 7.93. The molecule has 15 heavy (non-hydrogen) atoms. The van der Waals surface area contributed by atoms with E-state index in [1.807, 2.05) is 6.92 Å². The van der Waals surface area contributed by atoms with E-state index in [0.29, 0.717) is 25.8 Å². The number of hydrogen-bond acceptors (Lipinski definition) is 3. The molecule has 0 saturated carbocycles. The van der Waals surface area contributed by atoms with Gasteiger partial charge in [-0.25, -0.2) is 0 Å². The number of carbonyl (C=O) groups excluding carboxylic acids is 2. The molecule has 5 N–H and O–H groups in total. The molecule has 0 fully saturated rings. The quantitative estimate of drug-likeness (QED) is 0.492. The minimum absolute atomic E-state index is 0.115. The average Bonchev–Trinajstić information content (AvgIpc) is 2.16. The van der Waals surface area contributed by atoms with E-state index < -0.39 is 6.04 Å². The van der Waals surface area contributed by atoms with Crippen molar-refractivity contribution in [2.45, 2.75) is 45.1 Å². The van der Waals surface area contributed by atoms with Crippen LogP contribution in [0.15, 0.2) is 0 Å². The van der Waals surface area contributed by atoms with Gasteiger partial charge in [0.1, 0.15) is 0 Å². The van der Waals surface area contributed by atoms with Crippen LogP contribution >= 0.6 is 0 Å². The fraction of sp³-hybridized carbons (Fsp3) is 0.800. The van der Waals surface area contributed by atoms with Crippen molar-refractivity contribution in [1.82, 2.24) is 5.32 Å². The molecule has 0 aliphatic heterocycles. The van der Waals surface area contributed by atoms with Gasteiger partial charge < -0.3 is 16.8 Å². The number of primary amides is 1. The fourth-order valence-electron chi connectivity index (χ4n) is 1.21. The lowest BCUT2D eigenvalue weighted by molar-refractivity contribution is -0.122. The van der Waals surface area contributed by atoms with Gasteiger partial charge in [-0.05, 0) is 19.3 Å². The second-order valence-corrected chi connectivity index (χ2v) is 3.61. The van der Waals surface area contributed by atoms with Crippen LogP contribution in [-0.4, -0.2) is 24.4 Å². The first kappa shape index (κ1) is 13.9. The summed E-state index contributed by atoms with van der Waals surface area (Å²) in [7, 11) is 0. The standard InChI is InChI=1S/C10H21N3O2/c1-2-5-8(11)10(15)13-7-4-3-6-9(12)14/h8H,2-7,11H2,1H3,(H2,12,14)(H,13,15)/t8-/m1/s1. The molecule has 0 radical (unpaired) electrons. The summed E-state index contributed by atoms with van der Waals surface area (Å²) in [5.74, 6) is -0.417. The first-order valence-electron chi connectivity index (χ1n) is 5.39. The van der Waals surface area contributed by atoms with E-state index in [2.05, 4.69) is 5.32 Å². The Kier molecular flexibility index (Phi) is 7.62. The van der Waals surface area contributed by atoms with Crippen molar-refractivity contribution < 1.29 is 9.59 Å². The molecule has 0 spiro atoms. The van der Waals surface area contributed by atoms with Gasteiger partial charge in [0.25, 0.3) is 0 Å². The molecule has 0 aromatic heterocycles. The summed E-state index contributed by atoms with van der Waals surface area (Å²) in [6.07, 6.45) is 3.44. The highest BCUT2D eigenvalue weighted by atomic mass is 16.2. The van der Waals surface area contributed by atoms with Gasteiger partial charge in [-0.15, -0.1) is 0 Å². The predicted octanol–water partition coefficient (Wildman–Crippen LogP) is -0.114. The van der Waals surface area contributed by atoms with Crippen LogP contribution in [0.1, 0.15) is 39.0 Å². The molecule has 0 rings (SSSR count). The Morgan fingerprint density at radius 2 is 2.00 bits per heavy atom. The Balaban J connectivity index is 3.42. The van der Waals surface area contributed by atoms with Crippen LogP contribution in [0.4, 0.5) is 0 Å². The summed E-state index contributed by atoms with van der Waals surface area (Å²) >= 11 is 0. The molecular formula is C10H21N3O2. The second-order valence-electron chi connectivity index (χ2n) is 3.61. The molecule has 0 unspecified atom stereocenters. The summed E-state index contributed by atoms with van der Waals surface area (Å²) in [6, 6.07) is -0.411. The fourth-order valence-corrected chi connectivity index (χ4v) is 1.21. The van der Waals surface area contributed by atoms with Gasteiger partial charge in [-0.2, -0.15) is 0 Å². The second kappa shape index (κ2) is 8.23. The highest BCUT2D eigenvalue weighted by Crippen LogP contribution is 1.95. The van der Waals surface area contributed by atoms with Crippen LogP contribution < -0.4 is 16.8 Å². The lowest BCUT2D eigenvalue weighted by Crippen LogP contribution is -2.40. The SMILES string of the molecule is CCC[C@@H](N)C(=O)NCCCCC(N)=O. The smallest absolute Gasteiger partial charge is 0.236 e. The molecule has 0 saturated heterocycles.